The third kappa shape index (κ3) is 3.14. The van der Waals surface area contributed by atoms with E-state index >= 15 is 0 Å². The molecule has 1 saturated carbocycles. The zero-order chi connectivity index (χ0) is 20.1. The molecule has 4 aromatic rings. The van der Waals surface area contributed by atoms with E-state index in [1.807, 2.05) is 24.1 Å². The molecule has 0 amide bonds. The molecule has 0 radical (unpaired) electrons. The fourth-order valence-corrected chi connectivity index (χ4v) is 5.22. The highest BCUT2D eigenvalue weighted by atomic mass is 32.1. The molecule has 1 aromatic carbocycles. The number of nitrogens with zero attached hydrogens (tertiary/aromatic N) is 6. The first-order valence-corrected chi connectivity index (χ1v) is 11.2. The van der Waals surface area contributed by atoms with Crippen molar-refractivity contribution in [3.63, 3.8) is 0 Å². The first-order valence-electron chi connectivity index (χ1n) is 10.3. The Bertz CT molecular complexity index is 1170. The topological polar surface area (TPSA) is 95.5 Å². The number of H-pyrrole nitrogens is 1. The van der Waals surface area contributed by atoms with Gasteiger partial charge in [-0.25, -0.2) is 9.97 Å². The highest BCUT2D eigenvalue weighted by Gasteiger charge is 2.36. The smallest absolute Gasteiger partial charge is 0.245 e. The SMILES string of the molecule is C[C@H]1CN(c2ncc(-c3ccc(-c4cn[nH]c4)c4ncsc34)nn2)C[C@@H](C2CC2)N1. The fraction of sp³-hybridized carbons (Fsp3) is 0.381. The van der Waals surface area contributed by atoms with E-state index in [1.54, 1.807) is 11.3 Å². The summed E-state index contributed by atoms with van der Waals surface area (Å²) in [6.07, 6.45) is 8.19. The van der Waals surface area contributed by atoms with Crippen LogP contribution in [0.4, 0.5) is 5.95 Å². The van der Waals surface area contributed by atoms with Crippen LogP contribution in [0.25, 0.3) is 32.6 Å². The second kappa shape index (κ2) is 7.10. The Morgan fingerprint density at radius 3 is 2.73 bits per heavy atom. The van der Waals surface area contributed by atoms with Crippen molar-refractivity contribution < 1.29 is 0 Å². The Kier molecular flexibility index (Phi) is 4.24. The zero-order valence-electron chi connectivity index (χ0n) is 16.6. The molecule has 1 aliphatic carbocycles. The number of hydrogen-bond acceptors (Lipinski definition) is 8. The van der Waals surface area contributed by atoms with Gasteiger partial charge in [-0.05, 0) is 25.7 Å². The molecule has 3 aromatic heterocycles. The van der Waals surface area contributed by atoms with Crippen LogP contribution in [-0.4, -0.2) is 55.5 Å². The van der Waals surface area contributed by atoms with Crippen LogP contribution in [0.5, 0.6) is 0 Å². The Balaban J connectivity index is 1.31. The maximum atomic E-state index is 4.68. The molecule has 152 valence electrons. The second-order valence-electron chi connectivity index (χ2n) is 8.24. The van der Waals surface area contributed by atoms with Gasteiger partial charge in [0, 0.05) is 48.1 Å². The minimum Gasteiger partial charge on any atom is -0.336 e. The minimum absolute atomic E-state index is 0.430. The van der Waals surface area contributed by atoms with Crippen molar-refractivity contribution in [1.82, 2.24) is 35.7 Å². The summed E-state index contributed by atoms with van der Waals surface area (Å²) in [4.78, 5) is 11.5. The summed E-state index contributed by atoms with van der Waals surface area (Å²) in [5.74, 6) is 1.52. The first kappa shape index (κ1) is 17.9. The minimum atomic E-state index is 0.430. The Morgan fingerprint density at radius 1 is 1.07 bits per heavy atom. The number of thiazole rings is 1. The Labute approximate surface area is 177 Å². The van der Waals surface area contributed by atoms with Gasteiger partial charge < -0.3 is 10.2 Å². The van der Waals surface area contributed by atoms with Crippen molar-refractivity contribution in [2.75, 3.05) is 18.0 Å². The van der Waals surface area contributed by atoms with Gasteiger partial charge in [-0.15, -0.1) is 21.5 Å². The normalized spacial score (nSPS) is 22.0. The molecular formula is C21H22N8S. The van der Waals surface area contributed by atoms with Crippen LogP contribution < -0.4 is 10.2 Å². The molecular weight excluding hydrogens is 396 g/mol. The fourth-order valence-electron chi connectivity index (χ4n) is 4.38. The van der Waals surface area contributed by atoms with Crippen molar-refractivity contribution in [3.05, 3.63) is 36.2 Å². The van der Waals surface area contributed by atoms with Gasteiger partial charge in [0.15, 0.2) is 0 Å². The van der Waals surface area contributed by atoms with Gasteiger partial charge in [0.25, 0.3) is 0 Å². The average molecular weight is 419 g/mol. The Hall–Kier alpha value is -2.91. The average Bonchev–Trinajstić information content (AvgIpc) is 3.26. The number of hydrogen-bond donors (Lipinski definition) is 2. The van der Waals surface area contributed by atoms with Gasteiger partial charge in [-0.2, -0.15) is 5.10 Å². The lowest BCUT2D eigenvalue weighted by Gasteiger charge is -2.37. The van der Waals surface area contributed by atoms with E-state index in [9.17, 15) is 0 Å². The standard InChI is InChI=1S/C21H22N8S/c1-12-9-29(10-18(26-12)13-2-3-13)21-22-8-17(27-28-21)16-5-4-15(14-6-24-25-7-14)19-20(16)30-11-23-19/h4-8,11-13,18,26H,2-3,9-10H2,1H3,(H,24,25)/t12-,18-/m0/s1. The van der Waals surface area contributed by atoms with Crippen LogP contribution in [0.15, 0.2) is 36.2 Å². The lowest BCUT2D eigenvalue weighted by Crippen LogP contribution is -2.56. The summed E-state index contributed by atoms with van der Waals surface area (Å²) in [6.45, 7) is 4.09. The number of benzene rings is 1. The van der Waals surface area contributed by atoms with Crippen molar-refractivity contribution in [3.8, 4) is 22.4 Å². The molecule has 0 unspecified atom stereocenters. The molecule has 2 atom stereocenters. The number of rotatable bonds is 4. The van der Waals surface area contributed by atoms with E-state index in [0.717, 1.165) is 51.6 Å². The molecule has 0 bridgehead atoms. The lowest BCUT2D eigenvalue weighted by atomic mass is 10.0. The van der Waals surface area contributed by atoms with Gasteiger partial charge in [-0.3, -0.25) is 5.10 Å². The van der Waals surface area contributed by atoms with Gasteiger partial charge >= 0.3 is 0 Å². The summed E-state index contributed by atoms with van der Waals surface area (Å²) >= 11 is 1.61. The predicted octanol–water partition coefficient (Wildman–Crippen LogP) is 3.12. The van der Waals surface area contributed by atoms with Crippen molar-refractivity contribution in [2.45, 2.75) is 31.8 Å². The number of fused-ring (bicyclic) bond motifs is 1. The molecule has 4 heterocycles. The van der Waals surface area contributed by atoms with Gasteiger partial charge in [-0.1, -0.05) is 12.1 Å². The van der Waals surface area contributed by atoms with Crippen LogP contribution in [-0.2, 0) is 0 Å². The van der Waals surface area contributed by atoms with Crippen LogP contribution in [0, 0.1) is 5.92 Å². The number of anilines is 1. The largest absolute Gasteiger partial charge is 0.336 e. The maximum absolute atomic E-state index is 4.68. The molecule has 0 spiro atoms. The quantitative estimate of drug-likeness (QED) is 0.526. The van der Waals surface area contributed by atoms with Crippen LogP contribution >= 0.6 is 11.3 Å². The maximum Gasteiger partial charge on any atom is 0.245 e. The van der Waals surface area contributed by atoms with Crippen LogP contribution in [0.1, 0.15) is 19.8 Å². The van der Waals surface area contributed by atoms with Gasteiger partial charge in [0.1, 0.15) is 5.69 Å². The first-order chi connectivity index (χ1) is 14.8. The van der Waals surface area contributed by atoms with Crippen molar-refractivity contribution >= 4 is 27.5 Å². The summed E-state index contributed by atoms with van der Waals surface area (Å²) in [5, 5.41) is 19.7. The molecule has 1 saturated heterocycles. The van der Waals surface area contributed by atoms with Crippen molar-refractivity contribution in [1.29, 1.82) is 0 Å². The highest BCUT2D eigenvalue weighted by Crippen LogP contribution is 2.37. The lowest BCUT2D eigenvalue weighted by molar-refractivity contribution is 0.355. The van der Waals surface area contributed by atoms with Crippen LogP contribution in [0.2, 0.25) is 0 Å². The van der Waals surface area contributed by atoms with Crippen LogP contribution in [0.3, 0.4) is 0 Å². The van der Waals surface area contributed by atoms with E-state index in [0.29, 0.717) is 18.0 Å². The van der Waals surface area contributed by atoms with Crippen molar-refractivity contribution in [2.24, 2.45) is 5.92 Å². The number of nitrogens with one attached hydrogen (secondary N) is 2. The number of aromatic nitrogens is 6. The van der Waals surface area contributed by atoms with E-state index in [2.05, 4.69) is 59.6 Å². The molecule has 2 aliphatic rings. The van der Waals surface area contributed by atoms with E-state index in [1.165, 1.54) is 12.8 Å². The molecule has 30 heavy (non-hydrogen) atoms. The molecule has 8 nitrogen and oxygen atoms in total. The molecule has 2 N–H and O–H groups in total. The van der Waals surface area contributed by atoms with E-state index < -0.39 is 0 Å². The monoisotopic (exact) mass is 418 g/mol. The highest BCUT2D eigenvalue weighted by molar-refractivity contribution is 7.17. The summed E-state index contributed by atoms with van der Waals surface area (Å²) in [5.41, 5.74) is 6.68. The molecule has 1 aliphatic heterocycles. The van der Waals surface area contributed by atoms with Gasteiger partial charge in [0.2, 0.25) is 5.95 Å². The predicted molar refractivity (Wildman–Crippen MR) is 117 cm³/mol. The Morgan fingerprint density at radius 2 is 1.97 bits per heavy atom. The third-order valence-electron chi connectivity index (χ3n) is 6.00. The number of piperazine rings is 1. The summed E-state index contributed by atoms with van der Waals surface area (Å²) < 4.78 is 1.09. The molecule has 6 rings (SSSR count). The number of aromatic amines is 1. The summed E-state index contributed by atoms with van der Waals surface area (Å²) in [6, 6.07) is 5.10. The van der Waals surface area contributed by atoms with E-state index in [-0.39, 0.29) is 0 Å². The molecule has 9 heteroatoms. The van der Waals surface area contributed by atoms with E-state index in [4.69, 9.17) is 0 Å². The second-order valence-corrected chi connectivity index (χ2v) is 9.09. The summed E-state index contributed by atoms with van der Waals surface area (Å²) in [7, 11) is 0. The third-order valence-corrected chi connectivity index (χ3v) is 6.86. The zero-order valence-corrected chi connectivity index (χ0v) is 17.4. The molecule has 2 fully saturated rings. The van der Waals surface area contributed by atoms with Gasteiger partial charge in [0.05, 0.1) is 28.1 Å².